The number of carbonyl (C=O) groups excluding carboxylic acids is 1. The van der Waals surface area contributed by atoms with Gasteiger partial charge in [0.2, 0.25) is 0 Å². The number of benzene rings is 2. The molecule has 0 N–H and O–H groups in total. The number of nitroso groups, excluding NO2 is 1. The maximum absolute atomic E-state index is 11.9. The lowest BCUT2D eigenvalue weighted by atomic mass is 10.2. The summed E-state index contributed by atoms with van der Waals surface area (Å²) in [5, 5.41) is 4.36. The highest BCUT2D eigenvalue weighted by molar-refractivity contribution is 7.98. The zero-order chi connectivity index (χ0) is 19.8. The Morgan fingerprint density at radius 1 is 1.11 bits per heavy atom. The van der Waals surface area contributed by atoms with Crippen LogP contribution < -0.4 is 5.01 Å². The number of carbonyl (C=O) groups is 1. The highest BCUT2D eigenvalue weighted by Gasteiger charge is 2.13. The summed E-state index contributed by atoms with van der Waals surface area (Å²) in [7, 11) is 0. The number of aromatic nitrogens is 1. The molecule has 0 unspecified atom stereocenters. The van der Waals surface area contributed by atoms with E-state index in [9.17, 15) is 9.70 Å². The number of ether oxygens (including phenoxy) is 1. The fraction of sp³-hybridized carbons (Fsp3) is 0.143. The van der Waals surface area contributed by atoms with Crippen LogP contribution in [-0.4, -0.2) is 17.6 Å². The van der Waals surface area contributed by atoms with E-state index in [0.717, 1.165) is 16.2 Å². The number of anilines is 2. The minimum Gasteiger partial charge on any atom is -0.462 e. The first-order valence-electron chi connectivity index (χ1n) is 8.73. The van der Waals surface area contributed by atoms with Crippen LogP contribution in [0.1, 0.15) is 22.8 Å². The summed E-state index contributed by atoms with van der Waals surface area (Å²) in [6.07, 6.45) is 3.59. The van der Waals surface area contributed by atoms with Crippen LogP contribution in [-0.2, 0) is 10.5 Å². The van der Waals surface area contributed by atoms with Crippen molar-refractivity contribution in [1.82, 2.24) is 4.98 Å². The molecule has 0 fully saturated rings. The smallest absolute Gasteiger partial charge is 0.338 e. The van der Waals surface area contributed by atoms with E-state index in [4.69, 9.17) is 4.74 Å². The summed E-state index contributed by atoms with van der Waals surface area (Å²) in [4.78, 5) is 28.6. The van der Waals surface area contributed by atoms with Crippen molar-refractivity contribution in [3.63, 3.8) is 0 Å². The van der Waals surface area contributed by atoms with Crippen LogP contribution in [0.25, 0.3) is 0 Å². The van der Waals surface area contributed by atoms with Gasteiger partial charge in [-0.15, -0.1) is 16.7 Å². The average Bonchev–Trinajstić information content (AvgIpc) is 2.75. The molecule has 1 heterocycles. The van der Waals surface area contributed by atoms with Gasteiger partial charge < -0.3 is 4.74 Å². The summed E-state index contributed by atoms with van der Waals surface area (Å²) in [5.74, 6) is 0.377. The van der Waals surface area contributed by atoms with E-state index < -0.39 is 5.97 Å². The van der Waals surface area contributed by atoms with E-state index in [1.807, 2.05) is 42.6 Å². The van der Waals surface area contributed by atoms with Crippen molar-refractivity contribution in [3.05, 3.63) is 89.1 Å². The standard InChI is InChI=1S/C21H19N3O3S/c1-2-27-21(25)17-6-3-7-19(13-17)24(23-26)18-8-10-20(11-9-18)28-15-16-5-4-12-22-14-16/h3-14H,2,15H2,1H3. The first-order chi connectivity index (χ1) is 13.7. The number of hydrogen-bond donors (Lipinski definition) is 0. The number of esters is 1. The van der Waals surface area contributed by atoms with Crippen molar-refractivity contribution in [2.45, 2.75) is 17.6 Å². The van der Waals surface area contributed by atoms with Crippen LogP contribution in [0.4, 0.5) is 11.4 Å². The summed E-state index contributed by atoms with van der Waals surface area (Å²) < 4.78 is 5.01. The van der Waals surface area contributed by atoms with Gasteiger partial charge in [0.05, 0.1) is 28.8 Å². The second-order valence-electron chi connectivity index (χ2n) is 5.81. The summed E-state index contributed by atoms with van der Waals surface area (Å²) >= 11 is 1.68. The van der Waals surface area contributed by atoms with Crippen LogP contribution in [0, 0.1) is 4.91 Å². The molecule has 142 valence electrons. The number of thioether (sulfide) groups is 1. The number of pyridine rings is 1. The number of nitrogens with zero attached hydrogens (tertiary/aromatic N) is 3. The molecule has 0 saturated heterocycles. The predicted molar refractivity (Wildman–Crippen MR) is 111 cm³/mol. The summed E-state index contributed by atoms with van der Waals surface area (Å²) in [6, 6.07) is 18.1. The average molecular weight is 393 g/mol. The van der Waals surface area contributed by atoms with Crippen LogP contribution in [0.15, 0.2) is 83.2 Å². The predicted octanol–water partition coefficient (Wildman–Crippen LogP) is 5.37. The quantitative estimate of drug-likeness (QED) is 0.222. The molecular formula is C21H19N3O3S. The lowest BCUT2D eigenvalue weighted by Crippen LogP contribution is -2.10. The molecule has 6 nitrogen and oxygen atoms in total. The molecule has 0 aliphatic carbocycles. The fourth-order valence-corrected chi connectivity index (χ4v) is 3.39. The Morgan fingerprint density at radius 2 is 1.93 bits per heavy atom. The Kier molecular flexibility index (Phi) is 6.75. The van der Waals surface area contributed by atoms with Gasteiger partial charge in [0, 0.05) is 23.0 Å². The van der Waals surface area contributed by atoms with Gasteiger partial charge >= 0.3 is 5.97 Å². The van der Waals surface area contributed by atoms with Gasteiger partial charge in [-0.3, -0.25) is 4.98 Å². The van der Waals surface area contributed by atoms with Gasteiger partial charge in [0.1, 0.15) is 0 Å². The highest BCUT2D eigenvalue weighted by Crippen LogP contribution is 2.30. The minimum absolute atomic E-state index is 0.289. The molecular weight excluding hydrogens is 374 g/mol. The lowest BCUT2D eigenvalue weighted by Gasteiger charge is -2.16. The molecule has 0 aliphatic rings. The second-order valence-corrected chi connectivity index (χ2v) is 6.86. The van der Waals surface area contributed by atoms with E-state index >= 15 is 0 Å². The summed E-state index contributed by atoms with van der Waals surface area (Å²) in [5.41, 5.74) is 2.62. The molecule has 0 saturated carbocycles. The number of hydrogen-bond acceptors (Lipinski definition) is 6. The monoisotopic (exact) mass is 393 g/mol. The molecule has 0 atom stereocenters. The van der Waals surface area contributed by atoms with E-state index in [0.29, 0.717) is 16.9 Å². The maximum atomic E-state index is 11.9. The molecule has 3 rings (SSSR count). The second kappa shape index (κ2) is 9.66. The van der Waals surface area contributed by atoms with Crippen molar-refractivity contribution in [1.29, 1.82) is 0 Å². The van der Waals surface area contributed by atoms with Gasteiger partial charge in [-0.25, -0.2) is 4.79 Å². The largest absolute Gasteiger partial charge is 0.462 e. The molecule has 0 aliphatic heterocycles. The minimum atomic E-state index is -0.433. The maximum Gasteiger partial charge on any atom is 0.338 e. The molecule has 3 aromatic rings. The van der Waals surface area contributed by atoms with Gasteiger partial charge in [-0.2, -0.15) is 5.01 Å². The van der Waals surface area contributed by atoms with Gasteiger partial charge in [-0.05, 0) is 61.0 Å². The molecule has 0 radical (unpaired) electrons. The Hall–Kier alpha value is -3.19. The Labute approximate surface area is 167 Å². The Bertz CT molecular complexity index is 933. The molecule has 0 spiro atoms. The summed E-state index contributed by atoms with van der Waals surface area (Å²) in [6.45, 7) is 2.03. The molecule has 1 aromatic heterocycles. The van der Waals surface area contributed by atoms with E-state index in [1.165, 1.54) is 5.01 Å². The van der Waals surface area contributed by atoms with Crippen molar-refractivity contribution < 1.29 is 9.53 Å². The first kappa shape index (κ1) is 19.6. The van der Waals surface area contributed by atoms with E-state index in [1.54, 1.807) is 49.1 Å². The molecule has 28 heavy (non-hydrogen) atoms. The lowest BCUT2D eigenvalue weighted by molar-refractivity contribution is 0.0526. The molecule has 7 heteroatoms. The zero-order valence-electron chi connectivity index (χ0n) is 15.3. The third-order valence-corrected chi connectivity index (χ3v) is 4.98. The van der Waals surface area contributed by atoms with Gasteiger partial charge in [0.15, 0.2) is 0 Å². The van der Waals surface area contributed by atoms with Crippen molar-refractivity contribution in [2.24, 2.45) is 5.29 Å². The van der Waals surface area contributed by atoms with Crippen LogP contribution in [0.2, 0.25) is 0 Å². The third-order valence-electron chi connectivity index (χ3n) is 3.89. The molecule has 0 bridgehead atoms. The van der Waals surface area contributed by atoms with Gasteiger partial charge in [0.25, 0.3) is 0 Å². The fourth-order valence-electron chi connectivity index (χ4n) is 2.56. The number of rotatable bonds is 8. The molecule has 0 amide bonds. The van der Waals surface area contributed by atoms with Crippen LogP contribution >= 0.6 is 11.8 Å². The Balaban J connectivity index is 1.73. The van der Waals surface area contributed by atoms with E-state index in [-0.39, 0.29) is 6.61 Å². The first-order valence-corrected chi connectivity index (χ1v) is 9.72. The van der Waals surface area contributed by atoms with Crippen molar-refractivity contribution >= 4 is 29.1 Å². The highest BCUT2D eigenvalue weighted by atomic mass is 32.2. The van der Waals surface area contributed by atoms with Crippen molar-refractivity contribution in [2.75, 3.05) is 11.6 Å². The molecule has 2 aromatic carbocycles. The van der Waals surface area contributed by atoms with Crippen LogP contribution in [0.5, 0.6) is 0 Å². The zero-order valence-corrected chi connectivity index (χ0v) is 16.1. The van der Waals surface area contributed by atoms with Crippen molar-refractivity contribution in [3.8, 4) is 0 Å². The topological polar surface area (TPSA) is 71.9 Å². The normalized spacial score (nSPS) is 10.3. The van der Waals surface area contributed by atoms with Crippen LogP contribution in [0.3, 0.4) is 0 Å². The SMILES string of the molecule is CCOC(=O)c1cccc(N(N=O)c2ccc(SCc3cccnc3)cc2)c1. The third kappa shape index (κ3) is 4.95. The Morgan fingerprint density at radius 3 is 2.61 bits per heavy atom. The van der Waals surface area contributed by atoms with Gasteiger partial charge in [-0.1, -0.05) is 12.1 Å². The van der Waals surface area contributed by atoms with E-state index in [2.05, 4.69) is 10.3 Å².